The SMILES string of the molecule is CC(C#N)(CCSc1cccc(Cl)c1)NC1CC1. The third kappa shape index (κ3) is 4.20. The molecule has 1 saturated carbocycles. The first-order chi connectivity index (χ1) is 8.61. The summed E-state index contributed by atoms with van der Waals surface area (Å²) in [5.74, 6) is 0.921. The van der Waals surface area contributed by atoms with Gasteiger partial charge >= 0.3 is 0 Å². The van der Waals surface area contributed by atoms with Crippen LogP contribution in [0.3, 0.4) is 0 Å². The molecule has 1 aromatic carbocycles. The van der Waals surface area contributed by atoms with E-state index >= 15 is 0 Å². The van der Waals surface area contributed by atoms with Crippen LogP contribution in [0.5, 0.6) is 0 Å². The van der Waals surface area contributed by atoms with Crippen LogP contribution in [-0.2, 0) is 0 Å². The van der Waals surface area contributed by atoms with Crippen LogP contribution in [0.2, 0.25) is 5.02 Å². The number of nitriles is 1. The number of thioether (sulfide) groups is 1. The summed E-state index contributed by atoms with van der Waals surface area (Å²) in [6, 6.07) is 10.8. The van der Waals surface area contributed by atoms with Gasteiger partial charge in [0.25, 0.3) is 0 Å². The molecular formula is C14H17ClN2S. The number of rotatable bonds is 6. The van der Waals surface area contributed by atoms with Gasteiger partial charge in [-0.3, -0.25) is 5.32 Å². The Bertz CT molecular complexity index is 453. The smallest absolute Gasteiger partial charge is 0.104 e. The van der Waals surface area contributed by atoms with E-state index in [1.807, 2.05) is 25.1 Å². The first-order valence-electron chi connectivity index (χ1n) is 6.19. The lowest BCUT2D eigenvalue weighted by atomic mass is 10.0. The standard InChI is InChI=1S/C14H17ClN2S/c1-14(10-16,17-12-5-6-12)7-8-18-13-4-2-3-11(15)9-13/h2-4,9,12,17H,5-8H2,1H3. The van der Waals surface area contributed by atoms with Gasteiger partial charge in [-0.2, -0.15) is 5.26 Å². The number of hydrogen-bond donors (Lipinski definition) is 1. The Balaban J connectivity index is 1.81. The van der Waals surface area contributed by atoms with Gasteiger partial charge in [-0.15, -0.1) is 11.8 Å². The Morgan fingerprint density at radius 3 is 2.94 bits per heavy atom. The number of halogens is 1. The predicted octanol–water partition coefficient (Wildman–Crippen LogP) is 3.86. The van der Waals surface area contributed by atoms with Gasteiger partial charge in [-0.1, -0.05) is 17.7 Å². The normalized spacial score (nSPS) is 18.1. The van der Waals surface area contributed by atoms with E-state index in [-0.39, 0.29) is 0 Å². The molecule has 0 aromatic heterocycles. The van der Waals surface area contributed by atoms with E-state index in [4.69, 9.17) is 11.6 Å². The fourth-order valence-corrected chi connectivity index (χ4v) is 3.15. The molecule has 4 heteroatoms. The van der Waals surface area contributed by atoms with Gasteiger partial charge in [-0.05, 0) is 44.4 Å². The van der Waals surface area contributed by atoms with Gasteiger partial charge in [0.15, 0.2) is 0 Å². The molecule has 1 N–H and O–H groups in total. The number of benzene rings is 1. The van der Waals surface area contributed by atoms with Crippen LogP contribution in [0.4, 0.5) is 0 Å². The summed E-state index contributed by atoms with van der Waals surface area (Å²) >= 11 is 7.69. The summed E-state index contributed by atoms with van der Waals surface area (Å²) in [5.41, 5.74) is -0.396. The highest BCUT2D eigenvalue weighted by Crippen LogP contribution is 2.27. The molecule has 1 atom stereocenters. The second-order valence-electron chi connectivity index (χ2n) is 4.92. The van der Waals surface area contributed by atoms with Crippen molar-refractivity contribution in [2.24, 2.45) is 0 Å². The quantitative estimate of drug-likeness (QED) is 0.804. The molecule has 1 fully saturated rings. The van der Waals surface area contributed by atoms with E-state index < -0.39 is 5.54 Å². The van der Waals surface area contributed by atoms with Gasteiger partial charge in [0.1, 0.15) is 5.54 Å². The third-order valence-corrected chi connectivity index (χ3v) is 4.24. The summed E-state index contributed by atoms with van der Waals surface area (Å²) < 4.78 is 0. The van der Waals surface area contributed by atoms with Crippen LogP contribution in [-0.4, -0.2) is 17.3 Å². The van der Waals surface area contributed by atoms with Crippen LogP contribution in [0, 0.1) is 11.3 Å². The third-order valence-electron chi connectivity index (χ3n) is 3.01. The summed E-state index contributed by atoms with van der Waals surface area (Å²) in [6.45, 7) is 1.99. The van der Waals surface area contributed by atoms with Crippen LogP contribution in [0.25, 0.3) is 0 Å². The van der Waals surface area contributed by atoms with Crippen molar-refractivity contribution in [2.45, 2.75) is 42.7 Å². The van der Waals surface area contributed by atoms with Crippen LogP contribution in [0.15, 0.2) is 29.2 Å². The second-order valence-corrected chi connectivity index (χ2v) is 6.52. The molecule has 96 valence electrons. The number of hydrogen-bond acceptors (Lipinski definition) is 3. The lowest BCUT2D eigenvalue weighted by Gasteiger charge is -2.22. The second kappa shape index (κ2) is 5.97. The maximum Gasteiger partial charge on any atom is 0.104 e. The van der Waals surface area contributed by atoms with E-state index in [1.54, 1.807) is 11.8 Å². The van der Waals surface area contributed by atoms with Crippen molar-refractivity contribution in [3.63, 3.8) is 0 Å². The molecule has 1 aliphatic carbocycles. The first-order valence-corrected chi connectivity index (χ1v) is 7.55. The van der Waals surface area contributed by atoms with Gasteiger partial charge in [-0.25, -0.2) is 0 Å². The van der Waals surface area contributed by atoms with Crippen molar-refractivity contribution in [1.82, 2.24) is 5.32 Å². The predicted molar refractivity (Wildman–Crippen MR) is 77.0 cm³/mol. The minimum Gasteiger partial charge on any atom is -0.297 e. The minimum absolute atomic E-state index is 0.396. The molecule has 1 unspecified atom stereocenters. The zero-order chi connectivity index (χ0) is 13.0. The molecule has 0 saturated heterocycles. The summed E-state index contributed by atoms with van der Waals surface area (Å²) in [5, 5.41) is 13.4. The van der Waals surface area contributed by atoms with Gasteiger partial charge in [0.05, 0.1) is 6.07 Å². The summed E-state index contributed by atoms with van der Waals surface area (Å²) in [6.07, 6.45) is 3.26. The molecule has 0 radical (unpaired) electrons. The van der Waals surface area contributed by atoms with E-state index in [0.717, 1.165) is 22.1 Å². The molecule has 0 heterocycles. The monoisotopic (exact) mass is 280 g/mol. The number of nitrogens with one attached hydrogen (secondary N) is 1. The van der Waals surface area contributed by atoms with Gasteiger partial charge in [0, 0.05) is 21.7 Å². The van der Waals surface area contributed by atoms with E-state index in [0.29, 0.717) is 6.04 Å². The Hall–Kier alpha value is -0.690. The molecule has 0 bridgehead atoms. The van der Waals surface area contributed by atoms with Crippen molar-refractivity contribution in [2.75, 3.05) is 5.75 Å². The molecule has 0 aliphatic heterocycles. The van der Waals surface area contributed by atoms with E-state index in [9.17, 15) is 5.26 Å². The molecule has 0 amide bonds. The lowest BCUT2D eigenvalue weighted by molar-refractivity contribution is 0.434. The van der Waals surface area contributed by atoms with Crippen LogP contribution < -0.4 is 5.32 Å². The van der Waals surface area contributed by atoms with Crippen molar-refractivity contribution < 1.29 is 0 Å². The molecule has 0 spiro atoms. The van der Waals surface area contributed by atoms with E-state index in [1.165, 1.54) is 12.8 Å². The Labute approximate surface area is 118 Å². The molecule has 2 rings (SSSR count). The van der Waals surface area contributed by atoms with Crippen molar-refractivity contribution in [3.05, 3.63) is 29.3 Å². The maximum absolute atomic E-state index is 9.26. The maximum atomic E-state index is 9.26. The molecule has 2 nitrogen and oxygen atoms in total. The topological polar surface area (TPSA) is 35.8 Å². The highest BCUT2D eigenvalue weighted by molar-refractivity contribution is 7.99. The highest BCUT2D eigenvalue weighted by atomic mass is 35.5. The Morgan fingerprint density at radius 1 is 1.56 bits per heavy atom. The molecular weight excluding hydrogens is 264 g/mol. The molecule has 1 aliphatic rings. The lowest BCUT2D eigenvalue weighted by Crippen LogP contribution is -2.42. The van der Waals surface area contributed by atoms with Crippen LogP contribution in [0.1, 0.15) is 26.2 Å². The fourth-order valence-electron chi connectivity index (χ4n) is 1.77. The Kier molecular flexibility index (Phi) is 4.55. The first kappa shape index (κ1) is 13.7. The average Bonchev–Trinajstić information content (AvgIpc) is 3.13. The zero-order valence-electron chi connectivity index (χ0n) is 10.4. The van der Waals surface area contributed by atoms with E-state index in [2.05, 4.69) is 17.5 Å². The van der Waals surface area contributed by atoms with Crippen molar-refractivity contribution in [1.29, 1.82) is 5.26 Å². The average molecular weight is 281 g/mol. The highest BCUT2D eigenvalue weighted by Gasteiger charge is 2.31. The summed E-state index contributed by atoms with van der Waals surface area (Å²) in [7, 11) is 0. The largest absolute Gasteiger partial charge is 0.297 e. The summed E-state index contributed by atoms with van der Waals surface area (Å²) in [4.78, 5) is 1.16. The minimum atomic E-state index is -0.396. The van der Waals surface area contributed by atoms with Gasteiger partial charge in [0.2, 0.25) is 0 Å². The zero-order valence-corrected chi connectivity index (χ0v) is 12.0. The Morgan fingerprint density at radius 2 is 2.33 bits per heavy atom. The van der Waals surface area contributed by atoms with Crippen molar-refractivity contribution >= 4 is 23.4 Å². The van der Waals surface area contributed by atoms with Gasteiger partial charge < -0.3 is 0 Å². The molecule has 18 heavy (non-hydrogen) atoms. The van der Waals surface area contributed by atoms with Crippen molar-refractivity contribution in [3.8, 4) is 6.07 Å². The van der Waals surface area contributed by atoms with Crippen LogP contribution >= 0.6 is 23.4 Å². The number of nitrogens with zero attached hydrogens (tertiary/aromatic N) is 1. The molecule has 1 aromatic rings. The fraction of sp³-hybridized carbons (Fsp3) is 0.500.